The Balaban J connectivity index is 2.63. The van der Waals surface area contributed by atoms with Crippen LogP contribution in [0, 0.1) is 0 Å². The van der Waals surface area contributed by atoms with E-state index in [1.807, 2.05) is 0 Å². The summed E-state index contributed by atoms with van der Waals surface area (Å²) in [5.41, 5.74) is -0.582. The van der Waals surface area contributed by atoms with Crippen LogP contribution >= 0.6 is 46.4 Å². The number of rotatable bonds is 4. The first kappa shape index (κ1) is 22.0. The molecule has 0 bridgehead atoms. The minimum Gasteiger partial charge on any atom is -0.508 e. The summed E-state index contributed by atoms with van der Waals surface area (Å²) in [6, 6.07) is 11.6. The second-order valence-electron chi connectivity index (χ2n) is 6.09. The lowest BCUT2D eigenvalue weighted by Gasteiger charge is -2.34. The van der Waals surface area contributed by atoms with Gasteiger partial charge in [-0.2, -0.15) is 8.42 Å². The molecule has 10 heteroatoms. The molecule has 3 N–H and O–H groups in total. The molecule has 0 spiro atoms. The third kappa shape index (κ3) is 3.65. The second-order valence-corrected chi connectivity index (χ2v) is 9.28. The Morgan fingerprint density at radius 1 is 0.828 bits per heavy atom. The molecule has 0 saturated heterocycles. The standard InChI is InChI=1S/C19H12Cl4O5S/c20-11-6-4-10(5-7-11)19(29(26,27)28,13-2-1-3-14(21)18(13)23)17-15(22)8-12(24)9-16(17)25/h1-9,24-25H,(H,26,27,28). The normalized spacial score (nSPS) is 13.8. The molecule has 0 aliphatic carbocycles. The number of halogens is 4. The zero-order chi connectivity index (χ0) is 21.6. The molecule has 0 heterocycles. The van der Waals surface area contributed by atoms with Crippen molar-refractivity contribution in [2.75, 3.05) is 0 Å². The van der Waals surface area contributed by atoms with E-state index in [1.165, 1.54) is 42.5 Å². The van der Waals surface area contributed by atoms with Gasteiger partial charge >= 0.3 is 0 Å². The van der Waals surface area contributed by atoms with E-state index in [2.05, 4.69) is 0 Å². The monoisotopic (exact) mass is 492 g/mol. The van der Waals surface area contributed by atoms with Crippen molar-refractivity contribution in [3.63, 3.8) is 0 Å². The summed E-state index contributed by atoms with van der Waals surface area (Å²) in [6.07, 6.45) is 0. The molecular weight excluding hydrogens is 482 g/mol. The van der Waals surface area contributed by atoms with E-state index in [-0.39, 0.29) is 26.2 Å². The van der Waals surface area contributed by atoms with E-state index in [9.17, 15) is 23.2 Å². The van der Waals surface area contributed by atoms with Crippen molar-refractivity contribution in [2.45, 2.75) is 4.75 Å². The predicted octanol–water partition coefficient (Wildman–Crippen LogP) is 5.89. The first-order chi connectivity index (χ1) is 13.5. The Hall–Kier alpha value is -1.67. The molecule has 152 valence electrons. The van der Waals surface area contributed by atoms with Gasteiger partial charge in [-0.3, -0.25) is 4.55 Å². The number of phenolic OH excluding ortho intramolecular Hbond substituents is 2. The Kier molecular flexibility index (Phi) is 5.98. The molecule has 1 unspecified atom stereocenters. The average molecular weight is 494 g/mol. The average Bonchev–Trinajstić information content (AvgIpc) is 2.60. The molecule has 0 amide bonds. The topological polar surface area (TPSA) is 94.8 Å². The molecule has 0 aliphatic rings. The zero-order valence-electron chi connectivity index (χ0n) is 14.3. The van der Waals surface area contributed by atoms with E-state index in [4.69, 9.17) is 46.4 Å². The van der Waals surface area contributed by atoms with Crippen molar-refractivity contribution < 1.29 is 23.2 Å². The van der Waals surface area contributed by atoms with Crippen LogP contribution in [0.1, 0.15) is 16.7 Å². The van der Waals surface area contributed by atoms with Crippen molar-refractivity contribution in [1.82, 2.24) is 0 Å². The number of benzene rings is 3. The first-order valence-corrected chi connectivity index (χ1v) is 10.8. The molecule has 0 radical (unpaired) electrons. The van der Waals surface area contributed by atoms with Gasteiger partial charge in [0.1, 0.15) is 11.5 Å². The van der Waals surface area contributed by atoms with E-state index in [1.54, 1.807) is 0 Å². The largest absolute Gasteiger partial charge is 0.508 e. The highest BCUT2D eigenvalue weighted by molar-refractivity contribution is 7.87. The maximum Gasteiger partial charge on any atom is 0.283 e. The fourth-order valence-corrected chi connectivity index (χ4v) is 5.62. The van der Waals surface area contributed by atoms with Gasteiger partial charge in [-0.15, -0.1) is 0 Å². The van der Waals surface area contributed by atoms with Gasteiger partial charge in [-0.25, -0.2) is 0 Å². The van der Waals surface area contributed by atoms with Crippen LogP contribution in [-0.2, 0) is 14.9 Å². The highest BCUT2D eigenvalue weighted by atomic mass is 35.5. The quantitative estimate of drug-likeness (QED) is 0.311. The second kappa shape index (κ2) is 7.87. The van der Waals surface area contributed by atoms with Crippen LogP contribution in [0.25, 0.3) is 0 Å². The molecular formula is C19H12Cl4O5S. The highest BCUT2D eigenvalue weighted by Gasteiger charge is 2.52. The number of hydrogen-bond donors (Lipinski definition) is 3. The Morgan fingerprint density at radius 3 is 2.00 bits per heavy atom. The molecule has 3 rings (SSSR count). The summed E-state index contributed by atoms with van der Waals surface area (Å²) < 4.78 is 34.0. The van der Waals surface area contributed by atoms with Crippen LogP contribution in [0.3, 0.4) is 0 Å². The summed E-state index contributed by atoms with van der Waals surface area (Å²) >= 11 is 24.6. The molecule has 5 nitrogen and oxygen atoms in total. The van der Waals surface area contributed by atoms with E-state index in [0.717, 1.165) is 12.1 Å². The number of aromatic hydroxyl groups is 2. The maximum atomic E-state index is 13.0. The van der Waals surface area contributed by atoms with Gasteiger partial charge in [0.2, 0.25) is 0 Å². The third-order valence-electron chi connectivity index (χ3n) is 4.37. The van der Waals surface area contributed by atoms with E-state index in [0.29, 0.717) is 5.02 Å². The van der Waals surface area contributed by atoms with Crippen molar-refractivity contribution in [2.24, 2.45) is 0 Å². The molecule has 0 aliphatic heterocycles. The van der Waals surface area contributed by atoms with E-state index >= 15 is 0 Å². The van der Waals surface area contributed by atoms with Crippen molar-refractivity contribution in [3.05, 3.63) is 91.4 Å². The van der Waals surface area contributed by atoms with Gasteiger partial charge in [0.15, 0.2) is 4.75 Å². The summed E-state index contributed by atoms with van der Waals surface area (Å²) in [6.45, 7) is 0. The lowest BCUT2D eigenvalue weighted by molar-refractivity contribution is 0.431. The van der Waals surface area contributed by atoms with Crippen LogP contribution in [0.2, 0.25) is 20.1 Å². The third-order valence-corrected chi connectivity index (χ3v) is 7.18. The maximum absolute atomic E-state index is 13.0. The molecule has 3 aromatic carbocycles. The van der Waals surface area contributed by atoms with Gasteiger partial charge < -0.3 is 10.2 Å². The Labute approximate surface area is 186 Å². The molecule has 1 atom stereocenters. The molecule has 0 fully saturated rings. The van der Waals surface area contributed by atoms with Crippen molar-refractivity contribution >= 4 is 56.5 Å². The molecule has 29 heavy (non-hydrogen) atoms. The van der Waals surface area contributed by atoms with Gasteiger partial charge in [0, 0.05) is 22.2 Å². The van der Waals surface area contributed by atoms with Gasteiger partial charge in [0.25, 0.3) is 10.1 Å². The predicted molar refractivity (Wildman–Crippen MR) is 114 cm³/mol. The molecule has 0 saturated carbocycles. The van der Waals surface area contributed by atoms with E-state index < -0.39 is 31.9 Å². The van der Waals surface area contributed by atoms with Crippen LogP contribution < -0.4 is 0 Å². The SMILES string of the molecule is O=S(=O)(O)C(c1ccc(Cl)cc1)(c1cccc(Cl)c1Cl)c1c(O)cc(O)cc1Cl. The van der Waals surface area contributed by atoms with Crippen molar-refractivity contribution in [3.8, 4) is 11.5 Å². The summed E-state index contributed by atoms with van der Waals surface area (Å²) in [7, 11) is -5.11. The van der Waals surface area contributed by atoms with Crippen LogP contribution in [0.4, 0.5) is 0 Å². The smallest absolute Gasteiger partial charge is 0.283 e. The van der Waals surface area contributed by atoms with Gasteiger partial charge in [0.05, 0.1) is 15.1 Å². The van der Waals surface area contributed by atoms with Gasteiger partial charge in [-0.05, 0) is 29.8 Å². The van der Waals surface area contributed by atoms with Crippen LogP contribution in [0.15, 0.2) is 54.6 Å². The van der Waals surface area contributed by atoms with Crippen molar-refractivity contribution in [1.29, 1.82) is 0 Å². The number of hydrogen-bond acceptors (Lipinski definition) is 4. The Morgan fingerprint density at radius 2 is 1.45 bits per heavy atom. The van der Waals surface area contributed by atoms with Crippen LogP contribution in [-0.4, -0.2) is 23.2 Å². The summed E-state index contributed by atoms with van der Waals surface area (Å²) in [5.74, 6) is -1.09. The minimum absolute atomic E-state index is 0.0144. The Bertz CT molecular complexity index is 1170. The lowest BCUT2D eigenvalue weighted by Crippen LogP contribution is -2.39. The lowest BCUT2D eigenvalue weighted by atomic mass is 9.83. The van der Waals surface area contributed by atoms with Crippen LogP contribution in [0.5, 0.6) is 11.5 Å². The summed E-state index contributed by atoms with van der Waals surface area (Å²) in [4.78, 5) is 0. The number of phenols is 2. The molecule has 0 aromatic heterocycles. The summed E-state index contributed by atoms with van der Waals surface area (Å²) in [5, 5.41) is 20.1. The molecule has 3 aromatic rings. The van der Waals surface area contributed by atoms with Gasteiger partial charge in [-0.1, -0.05) is 70.7 Å². The highest BCUT2D eigenvalue weighted by Crippen LogP contribution is 2.53. The fraction of sp³-hybridized carbons (Fsp3) is 0.0526. The minimum atomic E-state index is -5.11. The first-order valence-electron chi connectivity index (χ1n) is 7.89. The zero-order valence-corrected chi connectivity index (χ0v) is 18.1. The fourth-order valence-electron chi connectivity index (χ4n) is 3.24.